The third-order valence-electron chi connectivity index (χ3n) is 15.5. The van der Waals surface area contributed by atoms with Crippen molar-refractivity contribution in [2.24, 2.45) is 0 Å². The second kappa shape index (κ2) is 19.6. The molecule has 77 heavy (non-hydrogen) atoms. The minimum absolute atomic E-state index is 1.09. The Hall–Kier alpha value is -10.1. The van der Waals surface area contributed by atoms with Gasteiger partial charge in [-0.1, -0.05) is 273 Å². The molecule has 0 aliphatic rings. The highest BCUT2D eigenvalue weighted by atomic mass is 15.1. The molecule has 360 valence electrons. The van der Waals surface area contributed by atoms with Crippen LogP contribution < -0.4 is 4.90 Å². The molecule has 0 bridgehead atoms. The Labute approximate surface area is 449 Å². The van der Waals surface area contributed by atoms with E-state index in [2.05, 4.69) is 314 Å². The number of hydrogen-bond acceptors (Lipinski definition) is 1. The Kier molecular flexibility index (Phi) is 11.6. The number of anilines is 3. The summed E-state index contributed by atoms with van der Waals surface area (Å²) >= 11 is 0. The summed E-state index contributed by atoms with van der Waals surface area (Å²) in [7, 11) is 0. The fourth-order valence-electron chi connectivity index (χ4n) is 11.8. The molecule has 0 saturated carbocycles. The van der Waals surface area contributed by atoms with Gasteiger partial charge < -0.3 is 4.90 Å². The number of fused-ring (bicyclic) bond motifs is 5. The zero-order valence-electron chi connectivity index (χ0n) is 42.4. The standard InChI is InChI=1S/C76H51N/c1-3-18-52(19-4-1)54-36-44-60(45-37-54)77(61-46-38-55(39-47-61)53-20-5-2-6-21-53)62-48-40-59(41-49-62)75-70-29-13-15-31-72(70)76(73-32-16-14-30-71(73)75)74-51-43-58(65-26-10-12-28-68(65)74)35-34-57-42-50-69(66-27-11-9-25-64(57)66)67-33-17-23-56-22-7-8-24-63(56)67/h1-51H/b35-34+. The third-order valence-corrected chi connectivity index (χ3v) is 15.5. The highest BCUT2D eigenvalue weighted by Crippen LogP contribution is 2.47. The molecule has 14 aromatic carbocycles. The minimum atomic E-state index is 1.09. The van der Waals surface area contributed by atoms with Crippen LogP contribution in [0.2, 0.25) is 0 Å². The molecular weight excluding hydrogens is 927 g/mol. The van der Waals surface area contributed by atoms with Crippen LogP contribution in [0.4, 0.5) is 17.1 Å². The smallest absolute Gasteiger partial charge is 0.0462 e. The molecule has 0 aromatic heterocycles. The van der Waals surface area contributed by atoms with Crippen molar-refractivity contribution in [2.75, 3.05) is 4.90 Å². The molecule has 0 saturated heterocycles. The van der Waals surface area contributed by atoms with Crippen LogP contribution in [0.3, 0.4) is 0 Å². The maximum atomic E-state index is 2.36. The van der Waals surface area contributed by atoms with Crippen molar-refractivity contribution in [3.05, 3.63) is 308 Å². The van der Waals surface area contributed by atoms with Gasteiger partial charge in [-0.15, -0.1) is 0 Å². The van der Waals surface area contributed by atoms with Crippen molar-refractivity contribution >= 4 is 83.1 Å². The zero-order chi connectivity index (χ0) is 51.1. The molecule has 0 heterocycles. The molecule has 1 heteroatoms. The van der Waals surface area contributed by atoms with Gasteiger partial charge in [-0.25, -0.2) is 0 Å². The van der Waals surface area contributed by atoms with E-state index in [9.17, 15) is 0 Å². The lowest BCUT2D eigenvalue weighted by atomic mass is 9.84. The summed E-state index contributed by atoms with van der Waals surface area (Å²) in [6.45, 7) is 0. The van der Waals surface area contributed by atoms with Gasteiger partial charge in [-0.05, 0) is 157 Å². The summed E-state index contributed by atoms with van der Waals surface area (Å²) in [5.41, 5.74) is 17.8. The summed E-state index contributed by atoms with van der Waals surface area (Å²) in [4.78, 5) is 2.36. The molecule has 0 aliphatic heterocycles. The van der Waals surface area contributed by atoms with Gasteiger partial charge in [0.15, 0.2) is 0 Å². The normalized spacial score (nSPS) is 11.6. The first kappa shape index (κ1) is 45.5. The summed E-state index contributed by atoms with van der Waals surface area (Å²) in [6, 6.07) is 108. The van der Waals surface area contributed by atoms with Gasteiger partial charge >= 0.3 is 0 Å². The molecule has 14 aromatic rings. The van der Waals surface area contributed by atoms with Crippen molar-refractivity contribution < 1.29 is 0 Å². The third kappa shape index (κ3) is 8.32. The Morgan fingerprint density at radius 2 is 0.532 bits per heavy atom. The van der Waals surface area contributed by atoms with Crippen molar-refractivity contribution in [1.82, 2.24) is 0 Å². The zero-order valence-corrected chi connectivity index (χ0v) is 42.4. The predicted molar refractivity (Wildman–Crippen MR) is 331 cm³/mol. The maximum absolute atomic E-state index is 2.36. The largest absolute Gasteiger partial charge is 0.311 e. The molecule has 0 amide bonds. The van der Waals surface area contributed by atoms with Gasteiger partial charge in [0.2, 0.25) is 0 Å². The summed E-state index contributed by atoms with van der Waals surface area (Å²) in [6.07, 6.45) is 4.60. The quantitative estimate of drug-likeness (QED) is 0.0975. The number of hydrogen-bond donors (Lipinski definition) is 0. The van der Waals surface area contributed by atoms with Gasteiger partial charge in [0.1, 0.15) is 0 Å². The van der Waals surface area contributed by atoms with Gasteiger partial charge in [0, 0.05) is 17.1 Å². The molecule has 0 aliphatic carbocycles. The molecule has 0 fully saturated rings. The van der Waals surface area contributed by atoms with Crippen LogP contribution in [0.15, 0.2) is 297 Å². The average Bonchev–Trinajstić information content (AvgIpc) is 3.54. The van der Waals surface area contributed by atoms with Crippen LogP contribution in [-0.4, -0.2) is 0 Å². The van der Waals surface area contributed by atoms with Crippen LogP contribution in [0, 0.1) is 0 Å². The molecule has 1 nitrogen and oxygen atoms in total. The van der Waals surface area contributed by atoms with Crippen LogP contribution >= 0.6 is 0 Å². The summed E-state index contributed by atoms with van der Waals surface area (Å²) in [5, 5.41) is 12.4. The van der Waals surface area contributed by atoms with E-state index in [-0.39, 0.29) is 0 Å². The molecule has 0 spiro atoms. The second-order valence-electron chi connectivity index (χ2n) is 19.9. The first-order chi connectivity index (χ1) is 38.2. The van der Waals surface area contributed by atoms with E-state index in [4.69, 9.17) is 0 Å². The first-order valence-corrected chi connectivity index (χ1v) is 26.6. The van der Waals surface area contributed by atoms with E-state index in [0.29, 0.717) is 0 Å². The van der Waals surface area contributed by atoms with Gasteiger partial charge in [0.05, 0.1) is 0 Å². The SMILES string of the molecule is C(=C\c1ccc(-c2c3ccccc3c(-c3ccc(N(c4ccc(-c5ccccc5)cc4)c4ccc(-c5ccccc5)cc4)cc3)c3ccccc23)c2ccccc12)/c1ccc(-c2cccc3ccccc23)c2ccccc12. The van der Waals surface area contributed by atoms with Crippen LogP contribution in [0.5, 0.6) is 0 Å². The number of rotatable bonds is 10. The lowest BCUT2D eigenvalue weighted by Crippen LogP contribution is -2.09. The minimum Gasteiger partial charge on any atom is -0.311 e. The van der Waals surface area contributed by atoms with Crippen LogP contribution in [-0.2, 0) is 0 Å². The van der Waals surface area contributed by atoms with E-state index in [1.165, 1.54) is 121 Å². The molecule has 0 unspecified atom stereocenters. The molecule has 14 rings (SSSR count). The molecule has 0 N–H and O–H groups in total. The van der Waals surface area contributed by atoms with Gasteiger partial charge in [0.25, 0.3) is 0 Å². The highest BCUT2D eigenvalue weighted by molar-refractivity contribution is 6.24. The van der Waals surface area contributed by atoms with Crippen LogP contribution in [0.1, 0.15) is 11.1 Å². The maximum Gasteiger partial charge on any atom is 0.0462 e. The van der Waals surface area contributed by atoms with Gasteiger partial charge in [-0.3, -0.25) is 0 Å². The van der Waals surface area contributed by atoms with E-state index in [0.717, 1.165) is 17.1 Å². The van der Waals surface area contributed by atoms with Crippen LogP contribution in [0.25, 0.3) is 122 Å². The Balaban J connectivity index is 0.849. The molecule has 0 radical (unpaired) electrons. The van der Waals surface area contributed by atoms with Gasteiger partial charge in [-0.2, -0.15) is 0 Å². The predicted octanol–water partition coefficient (Wildman–Crippen LogP) is 21.4. The van der Waals surface area contributed by atoms with E-state index in [1.54, 1.807) is 0 Å². The first-order valence-electron chi connectivity index (χ1n) is 26.6. The topological polar surface area (TPSA) is 3.24 Å². The Bertz CT molecular complexity index is 4370. The lowest BCUT2D eigenvalue weighted by molar-refractivity contribution is 1.28. The summed E-state index contributed by atoms with van der Waals surface area (Å²) in [5.74, 6) is 0. The van der Waals surface area contributed by atoms with E-state index in [1.807, 2.05) is 0 Å². The van der Waals surface area contributed by atoms with Crippen molar-refractivity contribution in [3.8, 4) is 55.6 Å². The summed E-state index contributed by atoms with van der Waals surface area (Å²) < 4.78 is 0. The fourth-order valence-corrected chi connectivity index (χ4v) is 11.8. The highest BCUT2D eigenvalue weighted by Gasteiger charge is 2.20. The molecule has 0 atom stereocenters. The Morgan fingerprint density at radius 1 is 0.195 bits per heavy atom. The second-order valence-corrected chi connectivity index (χ2v) is 19.9. The van der Waals surface area contributed by atoms with Crippen molar-refractivity contribution in [1.29, 1.82) is 0 Å². The monoisotopic (exact) mass is 977 g/mol. The van der Waals surface area contributed by atoms with E-state index >= 15 is 0 Å². The van der Waals surface area contributed by atoms with Crippen molar-refractivity contribution in [2.45, 2.75) is 0 Å². The lowest BCUT2D eigenvalue weighted by Gasteiger charge is -2.26. The molecular formula is C76H51N. The Morgan fingerprint density at radius 3 is 1.03 bits per heavy atom. The number of benzene rings is 14. The average molecular weight is 978 g/mol. The van der Waals surface area contributed by atoms with Crippen molar-refractivity contribution in [3.63, 3.8) is 0 Å². The number of nitrogens with zero attached hydrogens (tertiary/aromatic N) is 1. The fraction of sp³-hybridized carbons (Fsp3) is 0. The van der Waals surface area contributed by atoms with E-state index < -0.39 is 0 Å².